The van der Waals surface area contributed by atoms with Gasteiger partial charge >= 0.3 is 5.97 Å². The van der Waals surface area contributed by atoms with Crippen LogP contribution in [0.5, 0.6) is 0 Å². The van der Waals surface area contributed by atoms with Crippen molar-refractivity contribution in [2.75, 3.05) is 0 Å². The van der Waals surface area contributed by atoms with E-state index in [0.717, 1.165) is 11.3 Å². The fourth-order valence-corrected chi connectivity index (χ4v) is 1.88. The fraction of sp³-hybridized carbons (Fsp3) is 0.571. The molecule has 0 aromatic carbocycles. The molecule has 0 bridgehead atoms. The Balaban J connectivity index is 2.84. The van der Waals surface area contributed by atoms with Gasteiger partial charge in [0, 0.05) is 6.42 Å². The second-order valence-corrected chi connectivity index (χ2v) is 4.75. The van der Waals surface area contributed by atoms with Crippen molar-refractivity contribution in [3.63, 3.8) is 0 Å². The Bertz CT molecular complexity index is 464. The normalized spacial score (nSPS) is 13.9. The van der Waals surface area contributed by atoms with Crippen LogP contribution in [0, 0.1) is 12.8 Å². The Hall–Kier alpha value is -1.78. The Kier molecular flexibility index (Phi) is 5.15. The van der Waals surface area contributed by atoms with Crippen molar-refractivity contribution < 1.29 is 19.1 Å². The molecule has 106 valence electrons. The van der Waals surface area contributed by atoms with Gasteiger partial charge in [0.15, 0.2) is 5.76 Å². The summed E-state index contributed by atoms with van der Waals surface area (Å²) >= 11 is 0. The first-order chi connectivity index (χ1) is 8.90. The van der Waals surface area contributed by atoms with E-state index in [1.165, 1.54) is 0 Å². The molecule has 0 spiro atoms. The predicted molar refractivity (Wildman–Crippen MR) is 71.2 cm³/mol. The number of carbonyl (C=O) groups excluding carboxylic acids is 1. The summed E-state index contributed by atoms with van der Waals surface area (Å²) in [6, 6.07) is 0.747. The first-order valence-corrected chi connectivity index (χ1v) is 6.53. The lowest BCUT2D eigenvalue weighted by atomic mass is 9.99. The zero-order valence-corrected chi connectivity index (χ0v) is 11.8. The molecular weight excluding hydrogens is 246 g/mol. The van der Waals surface area contributed by atoms with E-state index in [1.807, 2.05) is 20.8 Å². The molecule has 1 heterocycles. The van der Waals surface area contributed by atoms with E-state index in [2.05, 4.69) is 5.32 Å². The van der Waals surface area contributed by atoms with Crippen LogP contribution in [0.25, 0.3) is 0 Å². The van der Waals surface area contributed by atoms with Gasteiger partial charge in [0.1, 0.15) is 11.8 Å². The number of aryl methyl sites for hydroxylation is 2. The molecule has 2 N–H and O–H groups in total. The second kappa shape index (κ2) is 6.41. The number of aliphatic carboxylic acids is 1. The molecule has 2 unspecified atom stereocenters. The lowest BCUT2D eigenvalue weighted by molar-refractivity contribution is -0.140. The largest absolute Gasteiger partial charge is 0.480 e. The number of rotatable bonds is 6. The highest BCUT2D eigenvalue weighted by Crippen LogP contribution is 2.16. The quantitative estimate of drug-likeness (QED) is 0.829. The van der Waals surface area contributed by atoms with Gasteiger partial charge in [-0.2, -0.15) is 0 Å². The molecular formula is C14H21NO4. The minimum absolute atomic E-state index is 0.136. The van der Waals surface area contributed by atoms with Crippen molar-refractivity contribution in [1.82, 2.24) is 5.32 Å². The van der Waals surface area contributed by atoms with Gasteiger partial charge in [-0.15, -0.1) is 0 Å². The highest BCUT2D eigenvalue weighted by atomic mass is 16.4. The topological polar surface area (TPSA) is 79.5 Å². The lowest BCUT2D eigenvalue weighted by Crippen LogP contribution is -2.44. The molecule has 1 aromatic heterocycles. The molecule has 0 saturated carbocycles. The zero-order chi connectivity index (χ0) is 14.6. The number of amides is 1. The van der Waals surface area contributed by atoms with Gasteiger partial charge in [-0.05, 0) is 24.5 Å². The molecule has 19 heavy (non-hydrogen) atoms. The molecule has 5 heteroatoms. The third-order valence-electron chi connectivity index (χ3n) is 3.33. The summed E-state index contributed by atoms with van der Waals surface area (Å²) in [4.78, 5) is 23.1. The maximum Gasteiger partial charge on any atom is 0.326 e. The van der Waals surface area contributed by atoms with E-state index in [1.54, 1.807) is 13.0 Å². The average molecular weight is 267 g/mol. The van der Waals surface area contributed by atoms with Crippen LogP contribution in [0.15, 0.2) is 10.5 Å². The molecule has 0 radical (unpaired) electrons. The number of carboxylic acid groups (broad SMARTS) is 1. The van der Waals surface area contributed by atoms with Crippen LogP contribution in [-0.2, 0) is 11.2 Å². The third-order valence-corrected chi connectivity index (χ3v) is 3.33. The van der Waals surface area contributed by atoms with Gasteiger partial charge in [-0.1, -0.05) is 27.2 Å². The first-order valence-electron chi connectivity index (χ1n) is 6.53. The molecule has 1 rings (SSSR count). The minimum atomic E-state index is -1.03. The first kappa shape index (κ1) is 15.3. The maximum absolute atomic E-state index is 12.0. The van der Waals surface area contributed by atoms with E-state index < -0.39 is 17.9 Å². The zero-order valence-electron chi connectivity index (χ0n) is 11.8. The fourth-order valence-electron chi connectivity index (χ4n) is 1.88. The number of furan rings is 1. The number of carbonyl (C=O) groups is 2. The molecule has 0 aliphatic heterocycles. The van der Waals surface area contributed by atoms with Crippen LogP contribution in [0.1, 0.15) is 49.1 Å². The lowest BCUT2D eigenvalue weighted by Gasteiger charge is -2.19. The molecule has 0 aliphatic rings. The maximum atomic E-state index is 12.0. The van der Waals surface area contributed by atoms with E-state index in [0.29, 0.717) is 12.8 Å². The second-order valence-electron chi connectivity index (χ2n) is 4.75. The summed E-state index contributed by atoms with van der Waals surface area (Å²) in [5.41, 5.74) is 0.906. The highest BCUT2D eigenvalue weighted by molar-refractivity contribution is 5.94. The number of hydrogen-bond donors (Lipinski definition) is 2. The van der Waals surface area contributed by atoms with Crippen molar-refractivity contribution >= 4 is 11.9 Å². The predicted octanol–water partition coefficient (Wildman–Crippen LogP) is 2.38. The van der Waals surface area contributed by atoms with Crippen LogP contribution >= 0.6 is 0 Å². The van der Waals surface area contributed by atoms with Crippen molar-refractivity contribution in [3.05, 3.63) is 23.2 Å². The Morgan fingerprint density at radius 3 is 2.47 bits per heavy atom. The van der Waals surface area contributed by atoms with Gasteiger partial charge in [0.2, 0.25) is 0 Å². The smallest absolute Gasteiger partial charge is 0.326 e. The van der Waals surface area contributed by atoms with E-state index in [-0.39, 0.29) is 11.7 Å². The van der Waals surface area contributed by atoms with Crippen LogP contribution in [0.3, 0.4) is 0 Å². The molecule has 1 amide bonds. The number of carboxylic acids is 1. The van der Waals surface area contributed by atoms with Crippen molar-refractivity contribution in [2.24, 2.45) is 5.92 Å². The Morgan fingerprint density at radius 1 is 1.42 bits per heavy atom. The number of hydrogen-bond acceptors (Lipinski definition) is 3. The Labute approximate surface area is 113 Å². The molecule has 5 nitrogen and oxygen atoms in total. The van der Waals surface area contributed by atoms with Gasteiger partial charge < -0.3 is 14.8 Å². The van der Waals surface area contributed by atoms with Crippen molar-refractivity contribution in [2.45, 2.75) is 46.6 Å². The van der Waals surface area contributed by atoms with Crippen LogP contribution in [-0.4, -0.2) is 23.0 Å². The summed E-state index contributed by atoms with van der Waals surface area (Å²) in [7, 11) is 0. The van der Waals surface area contributed by atoms with E-state index in [4.69, 9.17) is 9.52 Å². The van der Waals surface area contributed by atoms with Gasteiger partial charge in [0.25, 0.3) is 5.91 Å². The standard InChI is InChI=1S/C14H21NO4/c1-5-8(3)12(14(17)18)15-13(16)11-7-9(4)10(6-2)19-11/h7-8,12H,5-6H2,1-4H3,(H,15,16)(H,17,18). The van der Waals surface area contributed by atoms with Crippen molar-refractivity contribution in [3.8, 4) is 0 Å². The minimum Gasteiger partial charge on any atom is -0.480 e. The van der Waals surface area contributed by atoms with E-state index >= 15 is 0 Å². The molecule has 0 aliphatic carbocycles. The van der Waals surface area contributed by atoms with Gasteiger partial charge in [-0.25, -0.2) is 4.79 Å². The number of nitrogens with one attached hydrogen (secondary N) is 1. The molecule has 2 atom stereocenters. The van der Waals surface area contributed by atoms with E-state index in [9.17, 15) is 9.59 Å². The monoisotopic (exact) mass is 267 g/mol. The molecule has 1 aromatic rings. The third kappa shape index (κ3) is 3.59. The molecule has 0 saturated heterocycles. The highest BCUT2D eigenvalue weighted by Gasteiger charge is 2.27. The summed E-state index contributed by atoms with van der Waals surface area (Å²) in [5, 5.41) is 11.6. The summed E-state index contributed by atoms with van der Waals surface area (Å²) in [6.45, 7) is 7.48. The van der Waals surface area contributed by atoms with Gasteiger partial charge in [-0.3, -0.25) is 4.79 Å². The Morgan fingerprint density at radius 2 is 2.05 bits per heavy atom. The van der Waals surface area contributed by atoms with Crippen LogP contribution in [0.2, 0.25) is 0 Å². The van der Waals surface area contributed by atoms with Crippen LogP contribution in [0.4, 0.5) is 0 Å². The average Bonchev–Trinajstić information content (AvgIpc) is 2.75. The van der Waals surface area contributed by atoms with Crippen LogP contribution < -0.4 is 5.32 Å². The summed E-state index contributed by atoms with van der Waals surface area (Å²) in [5.74, 6) is -0.718. The van der Waals surface area contributed by atoms with Gasteiger partial charge in [0.05, 0.1) is 0 Å². The molecule has 0 fully saturated rings. The SMILES string of the molecule is CCc1oc(C(=O)NC(C(=O)O)C(C)CC)cc1C. The van der Waals surface area contributed by atoms with Crippen molar-refractivity contribution in [1.29, 1.82) is 0 Å². The summed E-state index contributed by atoms with van der Waals surface area (Å²) in [6.07, 6.45) is 1.38. The summed E-state index contributed by atoms with van der Waals surface area (Å²) < 4.78 is 5.41.